The number of nitrogens with zero attached hydrogens (tertiary/aromatic N) is 1. The van der Waals surface area contributed by atoms with E-state index in [-0.39, 0.29) is 5.91 Å². The molecule has 5 heteroatoms. The maximum Gasteiger partial charge on any atom is 0.256 e. The van der Waals surface area contributed by atoms with Crippen LogP contribution in [0.3, 0.4) is 0 Å². The Kier molecular flexibility index (Phi) is 8.19. The number of rotatable bonds is 10. The van der Waals surface area contributed by atoms with Crippen LogP contribution in [0.4, 0.5) is 5.69 Å². The average Bonchev–Trinajstić information content (AvgIpc) is 3.14. The van der Waals surface area contributed by atoms with Gasteiger partial charge in [-0.25, -0.2) is 4.98 Å². The molecule has 0 aliphatic rings. The summed E-state index contributed by atoms with van der Waals surface area (Å²) in [5.41, 5.74) is 6.35. The summed E-state index contributed by atoms with van der Waals surface area (Å²) in [6.07, 6.45) is 3.49. The van der Waals surface area contributed by atoms with Crippen LogP contribution in [0.1, 0.15) is 81.9 Å². The van der Waals surface area contributed by atoms with Gasteiger partial charge in [0.05, 0.1) is 0 Å². The molecule has 4 nitrogen and oxygen atoms in total. The van der Waals surface area contributed by atoms with E-state index >= 15 is 0 Å². The van der Waals surface area contributed by atoms with E-state index in [1.165, 1.54) is 11.1 Å². The number of aromatic nitrogens is 1. The lowest BCUT2D eigenvalue weighted by Gasteiger charge is -2.20. The second-order valence-corrected chi connectivity index (χ2v) is 9.78. The Balaban J connectivity index is 1.44. The zero-order valence-corrected chi connectivity index (χ0v) is 20.1. The molecule has 0 spiro atoms. The maximum atomic E-state index is 12.6. The summed E-state index contributed by atoms with van der Waals surface area (Å²) in [5, 5.41) is 3.94. The van der Waals surface area contributed by atoms with Crippen molar-refractivity contribution >= 4 is 34.5 Å². The van der Waals surface area contributed by atoms with E-state index in [0.717, 1.165) is 52.6 Å². The van der Waals surface area contributed by atoms with Crippen LogP contribution in [0.15, 0.2) is 46.0 Å². The van der Waals surface area contributed by atoms with Gasteiger partial charge in [-0.1, -0.05) is 76.2 Å². The monoisotopic (exact) mass is 438 g/mol. The second kappa shape index (κ2) is 10.9. The third kappa shape index (κ3) is 6.13. The minimum Gasteiger partial charge on any atom is -0.431 e. The molecule has 0 radical (unpaired) electrons. The summed E-state index contributed by atoms with van der Waals surface area (Å²) in [6, 6.07) is 12.4. The Morgan fingerprint density at radius 2 is 1.68 bits per heavy atom. The molecule has 3 rings (SSSR count). The van der Waals surface area contributed by atoms with Crippen molar-refractivity contribution in [3.05, 3.63) is 53.1 Å². The van der Waals surface area contributed by atoms with Crippen molar-refractivity contribution in [1.29, 1.82) is 0 Å². The van der Waals surface area contributed by atoms with Crippen molar-refractivity contribution < 1.29 is 9.21 Å². The van der Waals surface area contributed by atoms with E-state index in [1.807, 2.05) is 25.1 Å². The highest BCUT2D eigenvalue weighted by atomic mass is 32.2. The van der Waals surface area contributed by atoms with Gasteiger partial charge in [0.15, 0.2) is 5.58 Å². The molecule has 166 valence electrons. The minimum absolute atomic E-state index is 0.108. The van der Waals surface area contributed by atoms with E-state index in [9.17, 15) is 4.79 Å². The number of para-hydroxylation sites is 2. The van der Waals surface area contributed by atoms with Crippen LogP contribution in [0.5, 0.6) is 0 Å². The summed E-state index contributed by atoms with van der Waals surface area (Å²) in [7, 11) is 0. The molecule has 1 N–H and O–H groups in total. The molecule has 1 amide bonds. The van der Waals surface area contributed by atoms with Gasteiger partial charge in [-0.2, -0.15) is 0 Å². The molecule has 31 heavy (non-hydrogen) atoms. The van der Waals surface area contributed by atoms with Crippen molar-refractivity contribution in [2.45, 2.75) is 77.4 Å². The Hall–Kier alpha value is -2.27. The first-order chi connectivity index (χ1) is 14.9. The molecule has 1 heterocycles. The van der Waals surface area contributed by atoms with Crippen molar-refractivity contribution in [2.24, 2.45) is 0 Å². The van der Waals surface area contributed by atoms with Gasteiger partial charge >= 0.3 is 0 Å². The van der Waals surface area contributed by atoms with Crippen LogP contribution >= 0.6 is 11.8 Å². The number of amides is 1. The fourth-order valence-corrected chi connectivity index (χ4v) is 4.58. The average molecular weight is 439 g/mol. The predicted molar refractivity (Wildman–Crippen MR) is 131 cm³/mol. The minimum atomic E-state index is 0.108. The number of hydrogen-bond acceptors (Lipinski definition) is 4. The number of nitrogens with one attached hydrogen (secondary N) is 1. The highest BCUT2D eigenvalue weighted by Gasteiger charge is 2.15. The summed E-state index contributed by atoms with van der Waals surface area (Å²) in [6.45, 7) is 10.7. The zero-order chi connectivity index (χ0) is 22.4. The van der Waals surface area contributed by atoms with Gasteiger partial charge in [0.25, 0.3) is 5.22 Å². The number of oxazole rings is 1. The first-order valence-corrected chi connectivity index (χ1v) is 12.3. The topological polar surface area (TPSA) is 55.1 Å². The second-order valence-electron chi connectivity index (χ2n) is 8.73. The SMILES string of the molecule is Cc1cccc2nc(SCCCCCC(=O)Nc3c(C(C)C)cccc3C(C)C)oc12. The number of unbranched alkanes of at least 4 members (excludes halogenated alkanes) is 2. The van der Waals surface area contributed by atoms with Crippen LogP contribution in [-0.2, 0) is 4.79 Å². The molecule has 1 aromatic heterocycles. The summed E-state index contributed by atoms with van der Waals surface area (Å²) in [5.74, 6) is 1.81. The van der Waals surface area contributed by atoms with E-state index in [0.29, 0.717) is 18.3 Å². The molecule has 2 aromatic carbocycles. The molecule has 0 saturated heterocycles. The Bertz CT molecular complexity index is 997. The number of carbonyl (C=O) groups is 1. The molecule has 3 aromatic rings. The lowest BCUT2D eigenvalue weighted by atomic mass is 9.92. The normalized spacial score (nSPS) is 11.6. The lowest BCUT2D eigenvalue weighted by Crippen LogP contribution is -2.15. The number of thioether (sulfide) groups is 1. The number of benzene rings is 2. The van der Waals surface area contributed by atoms with Crippen molar-refractivity contribution in [3.8, 4) is 0 Å². The van der Waals surface area contributed by atoms with Crippen LogP contribution in [0.2, 0.25) is 0 Å². The highest BCUT2D eigenvalue weighted by Crippen LogP contribution is 2.32. The number of anilines is 1. The number of hydrogen-bond donors (Lipinski definition) is 1. The number of aryl methyl sites for hydroxylation is 1. The van der Waals surface area contributed by atoms with Gasteiger partial charge in [0, 0.05) is 17.9 Å². The molecule has 0 atom stereocenters. The van der Waals surface area contributed by atoms with Gasteiger partial charge < -0.3 is 9.73 Å². The van der Waals surface area contributed by atoms with Crippen LogP contribution in [0, 0.1) is 6.92 Å². The van der Waals surface area contributed by atoms with Crippen molar-refractivity contribution in [3.63, 3.8) is 0 Å². The largest absolute Gasteiger partial charge is 0.431 e. The van der Waals surface area contributed by atoms with E-state index in [4.69, 9.17) is 4.42 Å². The van der Waals surface area contributed by atoms with Crippen LogP contribution < -0.4 is 5.32 Å². The number of carbonyl (C=O) groups excluding carboxylic acids is 1. The lowest BCUT2D eigenvalue weighted by molar-refractivity contribution is -0.116. The Morgan fingerprint density at radius 1 is 1.00 bits per heavy atom. The summed E-state index contributed by atoms with van der Waals surface area (Å²) < 4.78 is 5.86. The molecule has 0 fully saturated rings. The molecule has 0 bridgehead atoms. The first-order valence-electron chi connectivity index (χ1n) is 11.3. The van der Waals surface area contributed by atoms with Gasteiger partial charge in [0.2, 0.25) is 5.91 Å². The third-order valence-corrected chi connectivity index (χ3v) is 6.42. The maximum absolute atomic E-state index is 12.6. The third-order valence-electron chi connectivity index (χ3n) is 5.50. The molecule has 0 unspecified atom stereocenters. The van der Waals surface area contributed by atoms with Crippen molar-refractivity contribution in [2.75, 3.05) is 11.1 Å². The van der Waals surface area contributed by atoms with Gasteiger partial charge in [-0.15, -0.1) is 0 Å². The fraction of sp³-hybridized carbons (Fsp3) is 0.462. The summed E-state index contributed by atoms with van der Waals surface area (Å²) in [4.78, 5) is 17.1. The molecule has 0 saturated carbocycles. The molecular formula is C26H34N2O2S. The van der Waals surface area contributed by atoms with E-state index < -0.39 is 0 Å². The highest BCUT2D eigenvalue weighted by molar-refractivity contribution is 7.99. The Morgan fingerprint density at radius 3 is 2.32 bits per heavy atom. The van der Waals surface area contributed by atoms with Gasteiger partial charge in [-0.05, 0) is 54.4 Å². The standard InChI is InChI=1S/C26H34N2O2S/c1-17(2)20-12-10-13-21(18(3)4)24(20)28-23(29)15-7-6-8-16-31-26-27-22-14-9-11-19(5)25(22)30-26/h9-14,17-18H,6-8,15-16H2,1-5H3,(H,28,29). The smallest absolute Gasteiger partial charge is 0.256 e. The predicted octanol–water partition coefficient (Wildman–Crippen LogP) is 7.67. The quantitative estimate of drug-likeness (QED) is 0.260. The first kappa shape index (κ1) is 23.4. The van der Waals surface area contributed by atoms with E-state index in [1.54, 1.807) is 11.8 Å². The summed E-state index contributed by atoms with van der Waals surface area (Å²) >= 11 is 1.65. The molecular weight excluding hydrogens is 404 g/mol. The zero-order valence-electron chi connectivity index (χ0n) is 19.3. The van der Waals surface area contributed by atoms with Crippen LogP contribution in [0.25, 0.3) is 11.1 Å². The van der Waals surface area contributed by atoms with Gasteiger partial charge in [0.1, 0.15) is 5.52 Å². The molecule has 0 aliphatic heterocycles. The number of fused-ring (bicyclic) bond motifs is 1. The Labute approximate surface area is 190 Å². The molecule has 0 aliphatic carbocycles. The fourth-order valence-electron chi connectivity index (χ4n) is 3.75. The van der Waals surface area contributed by atoms with Gasteiger partial charge in [-0.3, -0.25) is 4.79 Å². The van der Waals surface area contributed by atoms with E-state index in [2.05, 4.69) is 56.2 Å². The van der Waals surface area contributed by atoms with Crippen LogP contribution in [-0.4, -0.2) is 16.6 Å². The van der Waals surface area contributed by atoms with Crippen molar-refractivity contribution in [1.82, 2.24) is 4.98 Å².